The van der Waals surface area contributed by atoms with Gasteiger partial charge in [-0.05, 0) is 44.1 Å². The minimum Gasteiger partial charge on any atom is -0.504 e. The van der Waals surface area contributed by atoms with Crippen molar-refractivity contribution in [2.75, 3.05) is 13.6 Å². The van der Waals surface area contributed by atoms with E-state index in [2.05, 4.69) is 4.74 Å². The van der Waals surface area contributed by atoms with Crippen molar-refractivity contribution in [2.24, 2.45) is 0 Å². The van der Waals surface area contributed by atoms with Gasteiger partial charge in [0.25, 0.3) is 0 Å². The number of alkyl halides is 3. The van der Waals surface area contributed by atoms with E-state index in [4.69, 9.17) is 14.2 Å². The van der Waals surface area contributed by atoms with E-state index < -0.39 is 65.5 Å². The number of phenols is 1. The second kappa shape index (κ2) is 11.3. The third-order valence-electron chi connectivity index (χ3n) is 9.33. The molecule has 6 rings (SSSR count). The third kappa shape index (κ3) is 5.02. The number of aliphatic hydroxyl groups is 3. The molecule has 1 spiro atoms. The van der Waals surface area contributed by atoms with E-state index in [1.807, 2.05) is 11.9 Å². The van der Waals surface area contributed by atoms with Gasteiger partial charge < -0.3 is 44.3 Å². The van der Waals surface area contributed by atoms with Crippen LogP contribution < -0.4 is 4.74 Å². The molecule has 0 aromatic heterocycles. The van der Waals surface area contributed by atoms with Gasteiger partial charge in [-0.15, -0.1) is 0 Å². The number of esters is 4. The molecule has 16 heteroatoms. The lowest BCUT2D eigenvalue weighted by Crippen LogP contribution is -2.74. The Kier molecular flexibility index (Phi) is 7.82. The fourth-order valence-corrected chi connectivity index (χ4v) is 7.14. The second-order valence-electron chi connectivity index (χ2n) is 11.8. The molecule has 2 aromatic carbocycles. The molecule has 2 heterocycles. The van der Waals surface area contributed by atoms with Crippen molar-refractivity contribution in [3.8, 4) is 11.5 Å². The highest BCUT2D eigenvalue weighted by Gasteiger charge is 2.72. The zero-order chi connectivity index (χ0) is 34.1. The molecule has 1 fully saturated rings. The summed E-state index contributed by atoms with van der Waals surface area (Å²) in [4.78, 5) is 51.5. The Balaban J connectivity index is 1.21. The first-order valence-corrected chi connectivity index (χ1v) is 14.4. The van der Waals surface area contributed by atoms with Gasteiger partial charge in [0.05, 0.1) is 11.0 Å². The molecule has 2 aliphatic heterocycles. The molecule has 1 saturated heterocycles. The van der Waals surface area contributed by atoms with Gasteiger partial charge in [-0.1, -0.05) is 36.4 Å². The zero-order valence-corrected chi connectivity index (χ0v) is 24.5. The molecule has 7 atom stereocenters. The Hall–Kier alpha value is -4.51. The number of likely N-dealkylation sites (N-methyl/N-ethyl adjacent to an activating group) is 1. The number of likely N-dealkylation sites (tertiary alicyclic amines) is 1. The molecule has 4 aliphatic rings. The predicted molar refractivity (Wildman–Crippen MR) is 147 cm³/mol. The smallest absolute Gasteiger partial charge is 0.491 e. The largest absolute Gasteiger partial charge is 0.504 e. The summed E-state index contributed by atoms with van der Waals surface area (Å²) < 4.78 is 58.2. The Bertz CT molecular complexity index is 1680. The Labute approximate surface area is 263 Å². The van der Waals surface area contributed by atoms with E-state index in [-0.39, 0.29) is 35.3 Å². The number of rotatable bonds is 7. The maximum absolute atomic E-state index is 13.1. The molecule has 13 nitrogen and oxygen atoms in total. The summed E-state index contributed by atoms with van der Waals surface area (Å²) in [6.07, 6.45) is -12.2. The molecule has 0 saturated carbocycles. The number of aliphatic hydroxyl groups excluding tert-OH is 2. The minimum absolute atomic E-state index is 0.0166. The van der Waals surface area contributed by atoms with Crippen molar-refractivity contribution < 1.29 is 71.7 Å². The van der Waals surface area contributed by atoms with E-state index >= 15 is 0 Å². The number of benzene rings is 2. The number of hydrogen-bond donors (Lipinski definition) is 4. The van der Waals surface area contributed by atoms with Crippen LogP contribution >= 0.6 is 0 Å². The van der Waals surface area contributed by atoms with Crippen LogP contribution in [0, 0.1) is 0 Å². The maximum Gasteiger partial charge on any atom is 0.491 e. The molecule has 2 aliphatic carbocycles. The van der Waals surface area contributed by atoms with Crippen molar-refractivity contribution in [1.29, 1.82) is 0 Å². The lowest BCUT2D eigenvalue weighted by atomic mass is 9.50. The first kappa shape index (κ1) is 32.4. The van der Waals surface area contributed by atoms with E-state index in [0.29, 0.717) is 24.9 Å². The molecule has 250 valence electrons. The van der Waals surface area contributed by atoms with Crippen molar-refractivity contribution in [1.82, 2.24) is 4.90 Å². The van der Waals surface area contributed by atoms with E-state index in [0.717, 1.165) is 17.7 Å². The molecule has 2 bridgehead atoms. The van der Waals surface area contributed by atoms with Gasteiger partial charge in [-0.2, -0.15) is 13.2 Å². The van der Waals surface area contributed by atoms with Crippen LogP contribution in [0.1, 0.15) is 35.6 Å². The molecule has 0 amide bonds. The van der Waals surface area contributed by atoms with Crippen molar-refractivity contribution in [3.05, 3.63) is 71.0 Å². The van der Waals surface area contributed by atoms with Crippen LogP contribution in [0.4, 0.5) is 13.2 Å². The van der Waals surface area contributed by atoms with Gasteiger partial charge in [0.2, 0.25) is 6.10 Å². The first-order valence-electron chi connectivity index (χ1n) is 14.4. The number of piperidine rings is 1. The van der Waals surface area contributed by atoms with Crippen LogP contribution in [0.5, 0.6) is 11.5 Å². The van der Waals surface area contributed by atoms with E-state index in [9.17, 15) is 52.8 Å². The highest BCUT2D eigenvalue weighted by Crippen LogP contribution is 2.65. The molecule has 0 radical (unpaired) electrons. The molecule has 47 heavy (non-hydrogen) atoms. The third-order valence-corrected chi connectivity index (χ3v) is 9.33. The predicted octanol–water partition coefficient (Wildman–Crippen LogP) is 0.851. The number of phenolic OH excluding ortho intramolecular Hbond substituents is 1. The van der Waals surface area contributed by atoms with Gasteiger partial charge >= 0.3 is 30.1 Å². The van der Waals surface area contributed by atoms with Crippen molar-refractivity contribution in [3.63, 3.8) is 0 Å². The highest BCUT2D eigenvalue weighted by molar-refractivity contribution is 5.93. The van der Waals surface area contributed by atoms with Crippen LogP contribution in [0.3, 0.4) is 0 Å². The van der Waals surface area contributed by atoms with Crippen LogP contribution in [-0.2, 0) is 45.2 Å². The van der Waals surface area contributed by atoms with Crippen LogP contribution in [0.2, 0.25) is 0 Å². The van der Waals surface area contributed by atoms with Gasteiger partial charge in [0, 0.05) is 23.6 Å². The standard InChI is InChI=1S/C31H28F3NO12/c1-35-12-11-29-19-15-7-8-16(36)23(19)45-24(29)17(9-10-30(29,43)18(35)13-15)44-25(39)20(37)21(38)26(40)46-22(14-5-3-2-4-6-14)27(41)47-28(42)31(32,33)34/h2-9,18,20-22,24,36-38,43H,10-13H2,1H3/t18-,20-,21-,22+,24+,29+,30-/m1/s1. The minimum atomic E-state index is -5.56. The topological polar surface area (TPSA) is 189 Å². The van der Waals surface area contributed by atoms with Crippen LogP contribution in [-0.4, -0.2) is 98.9 Å². The number of hydrogen-bond acceptors (Lipinski definition) is 13. The van der Waals surface area contributed by atoms with Crippen LogP contribution in [0.25, 0.3) is 0 Å². The van der Waals surface area contributed by atoms with E-state index in [1.165, 1.54) is 30.3 Å². The lowest BCUT2D eigenvalue weighted by Gasteiger charge is -2.61. The summed E-state index contributed by atoms with van der Waals surface area (Å²) >= 11 is 0. The van der Waals surface area contributed by atoms with E-state index in [1.54, 1.807) is 6.07 Å². The summed E-state index contributed by atoms with van der Waals surface area (Å²) in [5.41, 5.74) is -1.40. The quantitative estimate of drug-likeness (QED) is 0.186. The van der Waals surface area contributed by atoms with Gasteiger partial charge in [0.15, 0.2) is 29.8 Å². The number of carbonyl (C=O) groups excluding carboxylic acids is 4. The molecule has 0 unspecified atom stereocenters. The monoisotopic (exact) mass is 663 g/mol. The fourth-order valence-electron chi connectivity index (χ4n) is 7.14. The lowest BCUT2D eigenvalue weighted by molar-refractivity contribution is -0.207. The maximum atomic E-state index is 13.1. The second-order valence-corrected chi connectivity index (χ2v) is 11.8. The van der Waals surface area contributed by atoms with Gasteiger partial charge in [-0.25, -0.2) is 19.2 Å². The first-order chi connectivity index (χ1) is 22.1. The average Bonchev–Trinajstić information content (AvgIpc) is 3.39. The summed E-state index contributed by atoms with van der Waals surface area (Å²) in [6.45, 7) is 0.523. The van der Waals surface area contributed by atoms with Crippen molar-refractivity contribution in [2.45, 2.75) is 66.9 Å². The summed E-state index contributed by atoms with van der Waals surface area (Å²) in [6, 6.07) is 9.23. The number of halogens is 3. The normalized spacial score (nSPS) is 27.7. The summed E-state index contributed by atoms with van der Waals surface area (Å²) in [5, 5.41) is 43.9. The van der Waals surface area contributed by atoms with Gasteiger partial charge in [-0.3, -0.25) is 0 Å². The van der Waals surface area contributed by atoms with Crippen LogP contribution in [0.15, 0.2) is 54.3 Å². The van der Waals surface area contributed by atoms with Gasteiger partial charge in [0.1, 0.15) is 5.76 Å². The highest BCUT2D eigenvalue weighted by atomic mass is 19.4. The average molecular weight is 664 g/mol. The molecule has 4 N–H and O–H groups in total. The SMILES string of the molecule is CN1CC[C@]23c4c5ccc(O)c4O[C@H]2C(OC(=O)[C@H](O)[C@@H](O)C(=O)O[C@H](C(=O)OC(=O)C(F)(F)F)c2ccccc2)=CC[C@@]3(O)[C@H]1C5. The molecular formula is C31H28F3NO12. The Morgan fingerprint density at radius 2 is 1.70 bits per heavy atom. The zero-order valence-electron chi connectivity index (χ0n) is 24.5. The fraction of sp³-hybridized carbons (Fsp3) is 0.419. The number of aromatic hydroxyl groups is 1. The number of carbonyl (C=O) groups is 4. The van der Waals surface area contributed by atoms with Crippen molar-refractivity contribution >= 4 is 23.9 Å². The summed E-state index contributed by atoms with van der Waals surface area (Å²) in [7, 11) is 1.87. The number of nitrogens with zero attached hydrogens (tertiary/aromatic N) is 1. The Morgan fingerprint density at radius 1 is 1.02 bits per heavy atom. The molecular weight excluding hydrogens is 635 g/mol. The number of ether oxygens (including phenoxy) is 4. The molecule has 2 aromatic rings. The summed E-state index contributed by atoms with van der Waals surface area (Å²) in [5.74, 6) is -8.50. The Morgan fingerprint density at radius 3 is 2.38 bits per heavy atom.